The van der Waals surface area contributed by atoms with Crippen molar-refractivity contribution in [2.24, 2.45) is 0 Å². The van der Waals surface area contributed by atoms with E-state index in [1.54, 1.807) is 0 Å². The lowest BCUT2D eigenvalue weighted by Crippen LogP contribution is -2.59. The van der Waals surface area contributed by atoms with Gasteiger partial charge in [0, 0.05) is 12.8 Å². The van der Waals surface area contributed by atoms with Gasteiger partial charge in [-0.1, -0.05) is 257 Å². The van der Waals surface area contributed by atoms with E-state index in [0.29, 0.717) is 12.8 Å². The minimum atomic E-state index is -1.60. The summed E-state index contributed by atoms with van der Waals surface area (Å²) in [6, 6.07) is 0. The predicted molar refractivity (Wildman–Crippen MR) is 280 cm³/mol. The van der Waals surface area contributed by atoms with Crippen molar-refractivity contribution in [1.82, 2.24) is 0 Å². The minimum absolute atomic E-state index is 0.226. The maximum absolute atomic E-state index is 12.9. The summed E-state index contributed by atoms with van der Waals surface area (Å²) in [5.41, 5.74) is 0. The van der Waals surface area contributed by atoms with E-state index < -0.39 is 55.4 Å². The number of allylic oxidation sites excluding steroid dienone is 2. The largest absolute Gasteiger partial charge is 0.462 e. The number of esters is 2. The van der Waals surface area contributed by atoms with E-state index in [2.05, 4.69) is 26.0 Å². The Balaban J connectivity index is 2.20. The predicted octanol–water partition coefficient (Wildman–Crippen LogP) is 14.6. The van der Waals surface area contributed by atoms with Gasteiger partial charge in [-0.2, -0.15) is 0 Å². The number of aliphatic hydroxyl groups excluding tert-OH is 4. The highest BCUT2D eigenvalue weighted by Gasteiger charge is 2.44. The van der Waals surface area contributed by atoms with Crippen molar-refractivity contribution in [1.29, 1.82) is 0 Å². The van der Waals surface area contributed by atoms with Crippen molar-refractivity contribution < 1.29 is 49.0 Å². The molecule has 0 aromatic carbocycles. The molecule has 0 bridgehead atoms. The lowest BCUT2D eigenvalue weighted by atomic mass is 9.99. The van der Waals surface area contributed by atoms with Crippen LogP contribution in [-0.4, -0.2) is 89.0 Å². The second-order valence-corrected chi connectivity index (χ2v) is 20.5. The zero-order valence-corrected chi connectivity index (χ0v) is 44.4. The third kappa shape index (κ3) is 39.1. The second-order valence-electron chi connectivity index (χ2n) is 20.5. The number of aliphatic hydroxyl groups is 4. The number of rotatable bonds is 51. The molecule has 68 heavy (non-hydrogen) atoms. The molecule has 0 radical (unpaired) electrons. The van der Waals surface area contributed by atoms with Gasteiger partial charge in [0.2, 0.25) is 0 Å². The monoisotopic (exact) mass is 967 g/mol. The molecule has 6 atom stereocenters. The van der Waals surface area contributed by atoms with E-state index in [1.165, 1.54) is 218 Å². The third-order valence-corrected chi connectivity index (χ3v) is 13.9. The quantitative estimate of drug-likeness (QED) is 0.0263. The van der Waals surface area contributed by atoms with Crippen LogP contribution in [0.5, 0.6) is 0 Å². The third-order valence-electron chi connectivity index (χ3n) is 13.9. The topological polar surface area (TPSA) is 152 Å². The maximum Gasteiger partial charge on any atom is 0.306 e. The summed E-state index contributed by atoms with van der Waals surface area (Å²) in [5, 5.41) is 40.3. The fraction of sp³-hybridized carbons (Fsp3) is 0.931. The molecule has 2 unspecified atom stereocenters. The Morgan fingerprint density at radius 3 is 1.19 bits per heavy atom. The highest BCUT2D eigenvalue weighted by Crippen LogP contribution is 2.23. The Hall–Kier alpha value is -1.56. The van der Waals surface area contributed by atoms with E-state index in [0.717, 1.165) is 32.1 Å². The molecule has 0 aromatic heterocycles. The Bertz CT molecular complexity index is 1120. The molecule has 10 heteroatoms. The molecule has 1 aliphatic heterocycles. The Morgan fingerprint density at radius 1 is 0.441 bits per heavy atom. The van der Waals surface area contributed by atoms with Gasteiger partial charge in [-0.05, 0) is 32.1 Å². The normalized spacial score (nSPS) is 18.9. The number of ether oxygens (including phenoxy) is 4. The van der Waals surface area contributed by atoms with E-state index in [4.69, 9.17) is 18.9 Å². The number of hydrogen-bond acceptors (Lipinski definition) is 10. The lowest BCUT2D eigenvalue weighted by Gasteiger charge is -2.39. The summed E-state index contributed by atoms with van der Waals surface area (Å²) in [7, 11) is 0. The first-order valence-electron chi connectivity index (χ1n) is 29.3. The van der Waals surface area contributed by atoms with Crippen LogP contribution in [0.15, 0.2) is 12.2 Å². The van der Waals surface area contributed by atoms with Gasteiger partial charge >= 0.3 is 11.9 Å². The number of carbonyl (C=O) groups excluding carboxylic acids is 2. The average molecular weight is 968 g/mol. The standard InChI is InChI=1S/C58H110O10/c1-3-5-7-9-11-13-15-17-19-21-23-25-26-27-29-30-32-34-36-38-40-42-44-46-53(60)65-49-51(50-66-58-57(64)56(63)55(62)52(48-59)68-58)67-54(61)47-45-43-41-39-37-35-33-31-28-24-22-20-18-16-14-12-10-8-6-4-2/h38,40,51-52,55-59,62-64H,3-37,39,41-50H2,1-2H3/b40-38+/t51-,52-,55+,56?,57?,58-/m0/s1. The SMILES string of the molecule is CCCCCCCCCCCCCCCCCCCC/C=C/CCCC(=O)OC[C@@H](CO[C@H]1O[C@@H](CO)[C@@H](O)C(O)C1O)OC(=O)CCCCCCCCCCCCCCCCCCCCCC. The summed E-state index contributed by atoms with van der Waals surface area (Å²) >= 11 is 0. The average Bonchev–Trinajstić information content (AvgIpc) is 3.34. The molecule has 0 aromatic rings. The van der Waals surface area contributed by atoms with Crippen molar-refractivity contribution in [3.63, 3.8) is 0 Å². The first kappa shape index (κ1) is 64.5. The highest BCUT2D eigenvalue weighted by molar-refractivity contribution is 5.70. The number of hydrogen-bond donors (Lipinski definition) is 4. The molecule has 0 spiro atoms. The Kier molecular flexibility index (Phi) is 46.5. The van der Waals surface area contributed by atoms with Crippen LogP contribution in [-0.2, 0) is 28.5 Å². The summed E-state index contributed by atoms with van der Waals surface area (Å²) in [4.78, 5) is 25.5. The van der Waals surface area contributed by atoms with E-state index in [-0.39, 0.29) is 26.1 Å². The van der Waals surface area contributed by atoms with Crippen molar-refractivity contribution in [2.75, 3.05) is 19.8 Å². The van der Waals surface area contributed by atoms with Gasteiger partial charge in [0.05, 0.1) is 13.2 Å². The van der Waals surface area contributed by atoms with Gasteiger partial charge in [0.15, 0.2) is 12.4 Å². The molecule has 4 N–H and O–H groups in total. The first-order chi connectivity index (χ1) is 33.3. The molecular formula is C58H110O10. The highest BCUT2D eigenvalue weighted by atomic mass is 16.7. The molecule has 1 fully saturated rings. The van der Waals surface area contributed by atoms with Crippen LogP contribution in [0.1, 0.15) is 290 Å². The summed E-state index contributed by atoms with van der Waals surface area (Å²) < 4.78 is 22.3. The van der Waals surface area contributed by atoms with Crippen LogP contribution in [0.3, 0.4) is 0 Å². The van der Waals surface area contributed by atoms with Gasteiger partial charge < -0.3 is 39.4 Å². The zero-order chi connectivity index (χ0) is 49.4. The van der Waals surface area contributed by atoms with E-state index in [9.17, 15) is 30.0 Å². The van der Waals surface area contributed by atoms with Crippen LogP contribution in [0.2, 0.25) is 0 Å². The molecule has 1 saturated heterocycles. The van der Waals surface area contributed by atoms with Crippen LogP contribution in [0.25, 0.3) is 0 Å². The smallest absolute Gasteiger partial charge is 0.306 e. The van der Waals surface area contributed by atoms with Crippen LogP contribution < -0.4 is 0 Å². The van der Waals surface area contributed by atoms with Gasteiger partial charge in [-0.3, -0.25) is 9.59 Å². The van der Waals surface area contributed by atoms with Crippen LogP contribution >= 0.6 is 0 Å². The number of carbonyl (C=O) groups is 2. The van der Waals surface area contributed by atoms with Crippen molar-refractivity contribution in [2.45, 2.75) is 327 Å². The molecule has 0 aliphatic carbocycles. The lowest BCUT2D eigenvalue weighted by molar-refractivity contribution is -0.305. The van der Waals surface area contributed by atoms with Gasteiger partial charge in [0.1, 0.15) is 31.0 Å². The van der Waals surface area contributed by atoms with Crippen molar-refractivity contribution >= 4 is 11.9 Å². The van der Waals surface area contributed by atoms with Crippen molar-refractivity contribution in [3.05, 3.63) is 12.2 Å². The molecule has 402 valence electrons. The van der Waals surface area contributed by atoms with Gasteiger partial charge in [0.25, 0.3) is 0 Å². The summed E-state index contributed by atoms with van der Waals surface area (Å²) in [6.07, 6.45) is 49.6. The van der Waals surface area contributed by atoms with E-state index >= 15 is 0 Å². The van der Waals surface area contributed by atoms with Crippen molar-refractivity contribution in [3.8, 4) is 0 Å². The van der Waals surface area contributed by atoms with Gasteiger partial charge in [-0.25, -0.2) is 0 Å². The Morgan fingerprint density at radius 2 is 0.794 bits per heavy atom. The molecule has 10 nitrogen and oxygen atoms in total. The number of unbranched alkanes of at least 4 members (excludes halogenated alkanes) is 38. The molecule has 1 aliphatic rings. The molecule has 1 heterocycles. The molecule has 1 rings (SSSR count). The molecular weight excluding hydrogens is 857 g/mol. The maximum atomic E-state index is 12.9. The summed E-state index contributed by atoms with van der Waals surface area (Å²) in [6.45, 7) is 3.47. The van der Waals surface area contributed by atoms with Crippen LogP contribution in [0, 0.1) is 0 Å². The second kappa shape index (κ2) is 49.0. The van der Waals surface area contributed by atoms with E-state index in [1.807, 2.05) is 0 Å². The van der Waals surface area contributed by atoms with Crippen LogP contribution in [0.4, 0.5) is 0 Å². The van der Waals surface area contributed by atoms with Gasteiger partial charge in [-0.15, -0.1) is 0 Å². The Labute approximate surface area is 418 Å². The zero-order valence-electron chi connectivity index (χ0n) is 44.4. The fourth-order valence-electron chi connectivity index (χ4n) is 9.31. The molecule has 0 amide bonds. The summed E-state index contributed by atoms with van der Waals surface area (Å²) in [5.74, 6) is -0.823. The minimum Gasteiger partial charge on any atom is -0.462 e. The fourth-order valence-corrected chi connectivity index (χ4v) is 9.31. The first-order valence-corrected chi connectivity index (χ1v) is 29.3. The molecule has 0 saturated carbocycles.